The Hall–Kier alpha value is -0.440. The largest absolute Gasteiger partial charge is 0.274 e. The van der Waals surface area contributed by atoms with Crippen molar-refractivity contribution in [2.45, 2.75) is 23.0 Å². The molecule has 1 aliphatic rings. The van der Waals surface area contributed by atoms with Crippen LogP contribution in [-0.4, -0.2) is 13.4 Å². The third-order valence-corrected chi connectivity index (χ3v) is 7.48. The van der Waals surface area contributed by atoms with Gasteiger partial charge >= 0.3 is 0 Å². The van der Waals surface area contributed by atoms with Crippen molar-refractivity contribution in [1.29, 1.82) is 0 Å². The Bertz CT molecular complexity index is 673. The summed E-state index contributed by atoms with van der Waals surface area (Å²) in [6.07, 6.45) is 2.32. The zero-order chi connectivity index (χ0) is 12.8. The minimum absolute atomic E-state index is 0.283. The molecule has 0 amide bonds. The molecule has 0 unspecified atom stereocenters. The minimum atomic E-state index is -3.52. The number of nitrogens with one attached hydrogen (secondary N) is 1. The summed E-state index contributed by atoms with van der Waals surface area (Å²) in [5.74, 6) is 0.535. The lowest BCUT2D eigenvalue weighted by molar-refractivity contribution is 0.602. The van der Waals surface area contributed by atoms with E-state index in [1.54, 1.807) is 11.4 Å². The summed E-state index contributed by atoms with van der Waals surface area (Å²) < 4.78 is 27.6. The molecule has 2 aromatic rings. The van der Waals surface area contributed by atoms with Gasteiger partial charge in [-0.05, 0) is 40.2 Å². The number of sulfonamides is 1. The molecular weight excluding hydrogens is 356 g/mol. The van der Waals surface area contributed by atoms with Gasteiger partial charge < -0.3 is 0 Å². The molecule has 8 heteroatoms. The number of aromatic nitrogens is 1. The zero-order valence-corrected chi connectivity index (χ0v) is 13.1. The van der Waals surface area contributed by atoms with Crippen molar-refractivity contribution < 1.29 is 8.42 Å². The Morgan fingerprint density at radius 2 is 2.17 bits per heavy atom. The topological polar surface area (TPSA) is 59.1 Å². The van der Waals surface area contributed by atoms with Gasteiger partial charge in [0.05, 0.1) is 5.69 Å². The second kappa shape index (κ2) is 4.59. The molecule has 0 aliphatic heterocycles. The number of anilines is 1. The summed E-state index contributed by atoms with van der Waals surface area (Å²) in [7, 11) is -3.52. The molecule has 0 saturated heterocycles. The first-order valence-corrected chi connectivity index (χ1v) is 9.31. The third kappa shape index (κ3) is 2.47. The molecule has 0 atom stereocenters. The van der Waals surface area contributed by atoms with E-state index < -0.39 is 10.0 Å². The number of halogens is 1. The summed E-state index contributed by atoms with van der Waals surface area (Å²) in [6, 6.07) is 1.72. The van der Waals surface area contributed by atoms with Crippen molar-refractivity contribution in [2.75, 3.05) is 4.72 Å². The van der Waals surface area contributed by atoms with Crippen LogP contribution in [0, 0.1) is 0 Å². The smallest absolute Gasteiger partial charge is 0.254 e. The van der Waals surface area contributed by atoms with Gasteiger partial charge in [0.25, 0.3) is 10.0 Å². The SMILES string of the molecule is O=S(=O)(Nc1nc(C2CC2)cs1)c1sccc1Br. The average Bonchev–Trinajstić information content (AvgIpc) is 2.90. The van der Waals surface area contributed by atoms with Gasteiger partial charge in [0.15, 0.2) is 9.34 Å². The maximum atomic E-state index is 12.1. The lowest BCUT2D eigenvalue weighted by Crippen LogP contribution is -2.11. The Kier molecular flexibility index (Phi) is 3.21. The molecule has 0 spiro atoms. The molecular formula is C10H9BrN2O2S3. The van der Waals surface area contributed by atoms with Gasteiger partial charge in [0.1, 0.15) is 0 Å². The summed E-state index contributed by atoms with van der Waals surface area (Å²) in [5.41, 5.74) is 1.00. The number of rotatable bonds is 4. The maximum Gasteiger partial charge on any atom is 0.274 e. The van der Waals surface area contributed by atoms with Crippen LogP contribution in [0.2, 0.25) is 0 Å². The fraction of sp³-hybridized carbons (Fsp3) is 0.300. The number of thiophene rings is 1. The van der Waals surface area contributed by atoms with Crippen LogP contribution in [-0.2, 0) is 10.0 Å². The van der Waals surface area contributed by atoms with E-state index in [0.717, 1.165) is 18.5 Å². The molecule has 3 rings (SSSR count). The highest BCUT2D eigenvalue weighted by Crippen LogP contribution is 2.41. The van der Waals surface area contributed by atoms with E-state index in [1.165, 1.54) is 22.7 Å². The normalized spacial score (nSPS) is 15.8. The van der Waals surface area contributed by atoms with E-state index in [2.05, 4.69) is 25.6 Å². The number of hydrogen-bond donors (Lipinski definition) is 1. The van der Waals surface area contributed by atoms with Crippen molar-refractivity contribution in [1.82, 2.24) is 4.98 Å². The van der Waals surface area contributed by atoms with Crippen molar-refractivity contribution in [2.24, 2.45) is 0 Å². The summed E-state index contributed by atoms with van der Waals surface area (Å²) in [5, 5.41) is 4.10. The highest BCUT2D eigenvalue weighted by atomic mass is 79.9. The minimum Gasteiger partial charge on any atom is -0.254 e. The monoisotopic (exact) mass is 364 g/mol. The molecule has 0 bridgehead atoms. The van der Waals surface area contributed by atoms with Gasteiger partial charge in [-0.3, -0.25) is 4.72 Å². The van der Waals surface area contributed by atoms with E-state index in [-0.39, 0.29) is 4.21 Å². The maximum absolute atomic E-state index is 12.1. The zero-order valence-electron chi connectivity index (χ0n) is 9.09. The fourth-order valence-electron chi connectivity index (χ4n) is 1.53. The molecule has 1 N–H and O–H groups in total. The molecule has 96 valence electrons. The second-order valence-corrected chi connectivity index (χ2v) is 8.52. The average molecular weight is 365 g/mol. The standard InChI is InChI=1S/C10H9BrN2O2S3/c11-7-3-4-16-9(7)18(14,15)13-10-12-8(5-17-10)6-1-2-6/h3-6H,1-2H2,(H,12,13). The lowest BCUT2D eigenvalue weighted by atomic mass is 10.3. The molecule has 2 heterocycles. The lowest BCUT2D eigenvalue weighted by Gasteiger charge is -2.02. The van der Waals surface area contributed by atoms with Crippen LogP contribution in [0.4, 0.5) is 5.13 Å². The van der Waals surface area contributed by atoms with Crippen LogP contribution < -0.4 is 4.72 Å². The number of thiazole rings is 1. The van der Waals surface area contributed by atoms with Gasteiger partial charge in [-0.2, -0.15) is 0 Å². The molecule has 2 aromatic heterocycles. The van der Waals surface area contributed by atoms with Gasteiger partial charge in [-0.25, -0.2) is 13.4 Å². The predicted molar refractivity (Wildman–Crippen MR) is 76.9 cm³/mol. The molecule has 4 nitrogen and oxygen atoms in total. The molecule has 1 aliphatic carbocycles. The van der Waals surface area contributed by atoms with E-state index in [4.69, 9.17) is 0 Å². The Labute approximate surface area is 121 Å². The van der Waals surface area contributed by atoms with Gasteiger partial charge in [0.2, 0.25) is 0 Å². The molecule has 1 fully saturated rings. The van der Waals surface area contributed by atoms with Crippen molar-refractivity contribution in [3.8, 4) is 0 Å². The Morgan fingerprint density at radius 3 is 2.78 bits per heavy atom. The summed E-state index contributed by atoms with van der Waals surface area (Å²) >= 11 is 5.74. The summed E-state index contributed by atoms with van der Waals surface area (Å²) in [4.78, 5) is 4.31. The van der Waals surface area contributed by atoms with Crippen molar-refractivity contribution in [3.63, 3.8) is 0 Å². The van der Waals surface area contributed by atoms with Crippen LogP contribution in [0.5, 0.6) is 0 Å². The second-order valence-electron chi connectivity index (χ2n) is 4.01. The quantitative estimate of drug-likeness (QED) is 0.900. The first-order valence-electron chi connectivity index (χ1n) is 5.27. The van der Waals surface area contributed by atoms with Gasteiger partial charge in [-0.1, -0.05) is 0 Å². The van der Waals surface area contributed by atoms with Crippen LogP contribution in [0.1, 0.15) is 24.5 Å². The van der Waals surface area contributed by atoms with E-state index >= 15 is 0 Å². The van der Waals surface area contributed by atoms with Crippen LogP contribution in [0.25, 0.3) is 0 Å². The highest BCUT2D eigenvalue weighted by molar-refractivity contribution is 9.10. The van der Waals surface area contributed by atoms with Gasteiger partial charge in [0, 0.05) is 15.8 Å². The van der Waals surface area contributed by atoms with Crippen LogP contribution in [0.15, 0.2) is 25.5 Å². The van der Waals surface area contributed by atoms with E-state index in [0.29, 0.717) is 15.5 Å². The molecule has 0 aromatic carbocycles. The fourth-order valence-corrected chi connectivity index (χ4v) is 5.92. The molecule has 1 saturated carbocycles. The highest BCUT2D eigenvalue weighted by Gasteiger charge is 2.27. The molecule has 18 heavy (non-hydrogen) atoms. The first kappa shape index (κ1) is 12.6. The predicted octanol–water partition coefficient (Wildman–Crippen LogP) is 3.65. The first-order chi connectivity index (χ1) is 8.56. The Morgan fingerprint density at radius 1 is 1.39 bits per heavy atom. The third-order valence-electron chi connectivity index (χ3n) is 2.57. The summed E-state index contributed by atoms with van der Waals surface area (Å²) in [6.45, 7) is 0. The van der Waals surface area contributed by atoms with Crippen molar-refractivity contribution in [3.05, 3.63) is 27.0 Å². The van der Waals surface area contributed by atoms with Gasteiger partial charge in [-0.15, -0.1) is 22.7 Å². The van der Waals surface area contributed by atoms with E-state index in [9.17, 15) is 8.42 Å². The van der Waals surface area contributed by atoms with Crippen LogP contribution >= 0.6 is 38.6 Å². The van der Waals surface area contributed by atoms with E-state index in [1.807, 2.05) is 5.38 Å². The van der Waals surface area contributed by atoms with Crippen molar-refractivity contribution >= 4 is 53.8 Å². The van der Waals surface area contributed by atoms with Crippen LogP contribution in [0.3, 0.4) is 0 Å². The molecule has 0 radical (unpaired) electrons. The number of nitrogens with zero attached hydrogens (tertiary/aromatic N) is 1. The Balaban J connectivity index is 1.84. The number of hydrogen-bond acceptors (Lipinski definition) is 5.